The van der Waals surface area contributed by atoms with Gasteiger partial charge in [-0.1, -0.05) is 241 Å². The maximum atomic E-state index is 17.1. The molecule has 1 aliphatic carbocycles. The van der Waals surface area contributed by atoms with Crippen LogP contribution in [0, 0.1) is 0 Å². The van der Waals surface area contributed by atoms with Crippen LogP contribution in [0.5, 0.6) is 0 Å². The van der Waals surface area contributed by atoms with Gasteiger partial charge in [0.2, 0.25) is 5.41 Å². The van der Waals surface area contributed by atoms with Crippen molar-refractivity contribution in [1.29, 1.82) is 0 Å². The SMILES string of the molecule is CC(C)(C)c1ccc(-c2cc(-c3ccc(C(C)(C)C)cc3)cc(-c3cc4c(cc3-c3ccccc3)-c3cc(-c5ccccc5)c(-c5cc(-c6ccc(C(C)(C)C)cc6)cc(-c6ccc(C(C)(C)C)cc6)c5)cc3C4(C(F)(F)F)C(F)(F)F)c2)cc1. The fourth-order valence-electron chi connectivity index (χ4n) is 12.3. The van der Waals surface area contributed by atoms with Gasteiger partial charge in [0.1, 0.15) is 0 Å². The Kier molecular flexibility index (Phi) is 14.5. The molecule has 0 fully saturated rings. The van der Waals surface area contributed by atoms with Crippen LogP contribution in [0.3, 0.4) is 0 Å². The largest absolute Gasteiger partial charge is 0.411 e. The van der Waals surface area contributed by atoms with Gasteiger partial charge in [-0.2, -0.15) is 26.3 Å². The van der Waals surface area contributed by atoms with Gasteiger partial charge in [0.15, 0.2) is 0 Å². The third-order valence-electron chi connectivity index (χ3n) is 17.3. The number of hydrogen-bond donors (Lipinski definition) is 0. The first kappa shape index (κ1) is 58.5. The summed E-state index contributed by atoms with van der Waals surface area (Å²) in [4.78, 5) is 0. The molecule has 1 aliphatic rings. The maximum absolute atomic E-state index is 17.1. The van der Waals surface area contributed by atoms with Crippen molar-refractivity contribution in [2.45, 2.75) is 123 Å². The minimum atomic E-state index is -5.87. The summed E-state index contributed by atoms with van der Waals surface area (Å²) in [5.74, 6) is 0. The molecule has 0 atom stereocenters. The molecule has 85 heavy (non-hydrogen) atoms. The summed E-state index contributed by atoms with van der Waals surface area (Å²) >= 11 is 0. The third-order valence-corrected chi connectivity index (χ3v) is 17.3. The highest BCUT2D eigenvalue weighted by Gasteiger charge is 2.75. The summed E-state index contributed by atoms with van der Waals surface area (Å²) < 4.78 is 102. The van der Waals surface area contributed by atoms with Crippen LogP contribution in [-0.4, -0.2) is 12.4 Å². The van der Waals surface area contributed by atoms with Crippen LogP contribution < -0.4 is 0 Å². The summed E-state index contributed by atoms with van der Waals surface area (Å²) in [5, 5.41) is 0. The second kappa shape index (κ2) is 21.1. The lowest BCUT2D eigenvalue weighted by molar-refractivity contribution is -0.287. The molecule has 0 aromatic heterocycles. The minimum absolute atomic E-state index is 0.129. The zero-order valence-corrected chi connectivity index (χ0v) is 50.6. The molecule has 0 saturated carbocycles. The van der Waals surface area contributed by atoms with Crippen molar-refractivity contribution in [3.05, 3.63) is 252 Å². The molecule has 6 heteroatoms. The molecule has 0 amide bonds. The number of hydrogen-bond acceptors (Lipinski definition) is 0. The lowest BCUT2D eigenvalue weighted by Gasteiger charge is -2.36. The second-order valence-electron chi connectivity index (χ2n) is 27.3. The Morgan fingerprint density at radius 3 is 0.659 bits per heavy atom. The Hall–Kier alpha value is -8.22. The normalized spacial score (nSPS) is 13.6. The van der Waals surface area contributed by atoms with Crippen molar-refractivity contribution >= 4 is 0 Å². The molecule has 0 radical (unpaired) electrons. The van der Waals surface area contributed by atoms with Crippen molar-refractivity contribution in [2.75, 3.05) is 0 Å². The lowest BCUT2D eigenvalue weighted by atomic mass is 9.74. The first-order valence-corrected chi connectivity index (χ1v) is 29.3. The molecule has 0 aliphatic heterocycles. The van der Waals surface area contributed by atoms with Crippen molar-refractivity contribution in [3.8, 4) is 100 Å². The molecule has 0 saturated heterocycles. The zero-order valence-electron chi connectivity index (χ0n) is 50.6. The van der Waals surface area contributed by atoms with Gasteiger partial charge < -0.3 is 0 Å². The molecular weight excluding hydrogens is 1060 g/mol. The van der Waals surface area contributed by atoms with Gasteiger partial charge in [-0.05, 0) is 216 Å². The van der Waals surface area contributed by atoms with E-state index >= 15 is 26.3 Å². The maximum Gasteiger partial charge on any atom is 0.411 e. The molecule has 0 bridgehead atoms. The van der Waals surface area contributed by atoms with Gasteiger partial charge in [0.25, 0.3) is 0 Å². The monoisotopic (exact) mass is 1130 g/mol. The highest BCUT2D eigenvalue weighted by atomic mass is 19.4. The van der Waals surface area contributed by atoms with E-state index in [9.17, 15) is 0 Å². The molecule has 0 N–H and O–H groups in total. The van der Waals surface area contributed by atoms with Gasteiger partial charge in [0, 0.05) is 0 Å². The quantitative estimate of drug-likeness (QED) is 0.133. The fourth-order valence-corrected chi connectivity index (χ4v) is 12.3. The minimum Gasteiger partial charge on any atom is -0.169 e. The number of alkyl halides is 6. The van der Waals surface area contributed by atoms with Gasteiger partial charge in [-0.15, -0.1) is 0 Å². The Morgan fingerprint density at radius 1 is 0.212 bits per heavy atom. The van der Waals surface area contributed by atoms with E-state index in [1.165, 1.54) is 12.1 Å². The van der Waals surface area contributed by atoms with Crippen molar-refractivity contribution < 1.29 is 26.3 Å². The van der Waals surface area contributed by atoms with Crippen LogP contribution in [0.2, 0.25) is 0 Å². The molecular formula is C79H72F6. The van der Waals surface area contributed by atoms with E-state index in [0.717, 1.165) is 66.8 Å². The smallest absolute Gasteiger partial charge is 0.169 e. The lowest BCUT2D eigenvalue weighted by Crippen LogP contribution is -2.53. The summed E-state index contributed by atoms with van der Waals surface area (Å²) in [6, 6.07) is 68.7. The average Bonchev–Trinajstić information content (AvgIpc) is 1.64. The summed E-state index contributed by atoms with van der Waals surface area (Å²) in [6.07, 6.45) is -11.7. The number of rotatable bonds is 8. The number of benzene rings is 10. The van der Waals surface area contributed by atoms with E-state index < -0.39 is 28.9 Å². The molecule has 0 unspecified atom stereocenters. The topological polar surface area (TPSA) is 0 Å². The second-order valence-corrected chi connectivity index (χ2v) is 27.3. The summed E-state index contributed by atoms with van der Waals surface area (Å²) in [7, 11) is 0. The summed E-state index contributed by atoms with van der Waals surface area (Å²) in [6.45, 7) is 25.7. The van der Waals surface area contributed by atoms with Gasteiger partial charge in [-0.3, -0.25) is 0 Å². The molecule has 0 nitrogen and oxygen atoms in total. The van der Waals surface area contributed by atoms with E-state index in [1.54, 1.807) is 12.1 Å². The Morgan fingerprint density at radius 2 is 0.435 bits per heavy atom. The highest BCUT2D eigenvalue weighted by Crippen LogP contribution is 2.66. The Balaban J connectivity index is 1.21. The predicted octanol–water partition coefficient (Wildman–Crippen LogP) is 23.6. The van der Waals surface area contributed by atoms with Crippen LogP contribution in [0.4, 0.5) is 26.3 Å². The summed E-state index contributed by atoms with van der Waals surface area (Å²) in [5.41, 5.74) is 7.71. The first-order valence-electron chi connectivity index (χ1n) is 29.3. The average molecular weight is 1140 g/mol. The zero-order chi connectivity index (χ0) is 60.8. The number of halogens is 6. The standard InChI is InChI=1S/C79H72F6/c1-73(2,3)61-31-23-49(24-32-61)55-39-56(50-25-33-62(34-26-50)74(4,5)6)42-59(41-55)67-47-71-69(45-65(67)53-19-15-13-16-20-53)70-46-66(54-21-17-14-18-22-54)68(48-72(70)77(71,78(80,81)82)79(83,84)85)60-43-57(51-27-35-63(36-28-51)75(7,8)9)40-58(44-60)52-29-37-64(38-30-52)76(10,11)12/h13-48H,1-12H3. The van der Waals surface area contributed by atoms with Crippen LogP contribution in [-0.2, 0) is 27.1 Å². The van der Waals surface area contributed by atoms with Crippen LogP contribution in [0.25, 0.3) is 100 Å². The van der Waals surface area contributed by atoms with E-state index in [2.05, 4.69) is 144 Å². The van der Waals surface area contributed by atoms with Gasteiger partial charge >= 0.3 is 12.4 Å². The first-order chi connectivity index (χ1) is 39.9. The van der Waals surface area contributed by atoms with Gasteiger partial charge in [0.05, 0.1) is 0 Å². The van der Waals surface area contributed by atoms with Crippen LogP contribution in [0.15, 0.2) is 218 Å². The molecule has 0 heterocycles. The van der Waals surface area contributed by atoms with E-state index in [1.807, 2.05) is 133 Å². The predicted molar refractivity (Wildman–Crippen MR) is 343 cm³/mol. The van der Waals surface area contributed by atoms with Crippen LogP contribution in [0.1, 0.15) is 116 Å². The molecule has 0 spiro atoms. The van der Waals surface area contributed by atoms with Crippen molar-refractivity contribution in [2.24, 2.45) is 0 Å². The van der Waals surface area contributed by atoms with E-state index in [-0.39, 0.29) is 43.9 Å². The molecule has 11 rings (SSSR count). The van der Waals surface area contributed by atoms with Crippen molar-refractivity contribution in [3.63, 3.8) is 0 Å². The Bertz CT molecular complexity index is 3670. The molecule has 10 aromatic rings. The van der Waals surface area contributed by atoms with Gasteiger partial charge in [-0.25, -0.2) is 0 Å². The third kappa shape index (κ3) is 11.0. The molecule has 10 aromatic carbocycles. The van der Waals surface area contributed by atoms with E-state index in [4.69, 9.17) is 0 Å². The number of fused-ring (bicyclic) bond motifs is 3. The van der Waals surface area contributed by atoms with Crippen molar-refractivity contribution in [1.82, 2.24) is 0 Å². The molecule has 430 valence electrons. The fraction of sp³-hybridized carbons (Fsp3) is 0.241. The highest BCUT2D eigenvalue weighted by molar-refractivity contribution is 5.99. The van der Waals surface area contributed by atoms with Crippen LogP contribution >= 0.6 is 0 Å². The van der Waals surface area contributed by atoms with E-state index in [0.29, 0.717) is 33.4 Å². The Labute approximate surface area is 498 Å².